The van der Waals surface area contributed by atoms with E-state index in [9.17, 15) is 9.59 Å². The molecule has 10 nitrogen and oxygen atoms in total. The van der Waals surface area contributed by atoms with Crippen LogP contribution in [-0.4, -0.2) is 92.2 Å². The van der Waals surface area contributed by atoms with Gasteiger partial charge in [-0.3, -0.25) is 9.59 Å². The number of piperazine rings is 1. The van der Waals surface area contributed by atoms with Crippen LogP contribution in [0.4, 0.5) is 5.95 Å². The highest BCUT2D eigenvalue weighted by atomic mass is 35.5. The Morgan fingerprint density at radius 3 is 2.09 bits per heavy atom. The summed E-state index contributed by atoms with van der Waals surface area (Å²) in [5, 5.41) is 0. The summed E-state index contributed by atoms with van der Waals surface area (Å²) < 4.78 is 16.1. The number of amides is 2. The van der Waals surface area contributed by atoms with Gasteiger partial charge in [0.2, 0.25) is 17.6 Å². The summed E-state index contributed by atoms with van der Waals surface area (Å²) in [6.07, 6.45) is 5.01. The molecule has 0 spiro atoms. The lowest BCUT2D eigenvalue weighted by Crippen LogP contribution is -2.53. The second-order valence-electron chi connectivity index (χ2n) is 8.37. The Morgan fingerprint density at radius 1 is 0.886 bits per heavy atom. The molecule has 2 fully saturated rings. The summed E-state index contributed by atoms with van der Waals surface area (Å²) in [6, 6.07) is 5.09. The average molecular weight is 506 g/mol. The maximum absolute atomic E-state index is 13.3. The summed E-state index contributed by atoms with van der Waals surface area (Å²) >= 11 is 0. The lowest BCUT2D eigenvalue weighted by molar-refractivity contribution is -0.137. The fraction of sp³-hybridized carbons (Fsp3) is 0.500. The Labute approximate surface area is 211 Å². The molecule has 2 aromatic rings. The van der Waals surface area contributed by atoms with E-state index >= 15 is 0 Å². The highest BCUT2D eigenvalue weighted by Gasteiger charge is 2.33. The molecule has 35 heavy (non-hydrogen) atoms. The molecule has 0 aliphatic carbocycles. The zero-order valence-electron chi connectivity index (χ0n) is 20.3. The van der Waals surface area contributed by atoms with Crippen molar-refractivity contribution in [1.29, 1.82) is 0 Å². The van der Waals surface area contributed by atoms with Crippen LogP contribution < -0.4 is 19.1 Å². The highest BCUT2D eigenvalue weighted by molar-refractivity contribution is 5.96. The van der Waals surface area contributed by atoms with Crippen molar-refractivity contribution >= 4 is 30.2 Å². The molecule has 0 saturated carbocycles. The van der Waals surface area contributed by atoms with Gasteiger partial charge in [-0.15, -0.1) is 12.4 Å². The average Bonchev–Trinajstić information content (AvgIpc) is 2.92. The molecule has 2 amide bonds. The van der Waals surface area contributed by atoms with Gasteiger partial charge in [0.1, 0.15) is 0 Å². The van der Waals surface area contributed by atoms with Crippen LogP contribution in [0.2, 0.25) is 0 Å². The van der Waals surface area contributed by atoms with Crippen molar-refractivity contribution < 1.29 is 23.8 Å². The van der Waals surface area contributed by atoms with Crippen molar-refractivity contribution in [3.05, 3.63) is 36.2 Å². The molecule has 190 valence electrons. The first-order valence-electron chi connectivity index (χ1n) is 11.5. The monoisotopic (exact) mass is 505 g/mol. The first kappa shape index (κ1) is 26.3. The van der Waals surface area contributed by atoms with Gasteiger partial charge in [0, 0.05) is 57.2 Å². The van der Waals surface area contributed by atoms with Gasteiger partial charge in [-0.05, 0) is 31.0 Å². The van der Waals surface area contributed by atoms with Crippen molar-refractivity contribution in [1.82, 2.24) is 19.8 Å². The molecule has 1 unspecified atom stereocenters. The Hall–Kier alpha value is -3.27. The number of halogens is 1. The predicted octanol–water partition coefficient (Wildman–Crippen LogP) is 2.13. The second-order valence-corrected chi connectivity index (χ2v) is 8.37. The Kier molecular flexibility index (Phi) is 8.97. The van der Waals surface area contributed by atoms with Crippen molar-refractivity contribution in [2.75, 3.05) is 65.5 Å². The summed E-state index contributed by atoms with van der Waals surface area (Å²) in [6.45, 7) is 3.63. The summed E-state index contributed by atoms with van der Waals surface area (Å²) in [4.78, 5) is 40.9. The molecule has 1 atom stereocenters. The Bertz CT molecular complexity index is 992. The predicted molar refractivity (Wildman–Crippen MR) is 133 cm³/mol. The maximum Gasteiger partial charge on any atom is 0.254 e. The maximum atomic E-state index is 13.3. The molecule has 3 heterocycles. The highest BCUT2D eigenvalue weighted by Crippen LogP contribution is 2.38. The van der Waals surface area contributed by atoms with E-state index < -0.39 is 0 Å². The van der Waals surface area contributed by atoms with Gasteiger partial charge in [-0.2, -0.15) is 0 Å². The number of aromatic nitrogens is 2. The number of piperidine rings is 1. The van der Waals surface area contributed by atoms with Gasteiger partial charge in [-0.1, -0.05) is 0 Å². The number of rotatable bonds is 6. The zero-order valence-corrected chi connectivity index (χ0v) is 21.1. The van der Waals surface area contributed by atoms with Gasteiger partial charge < -0.3 is 28.9 Å². The minimum atomic E-state index is -0.209. The largest absolute Gasteiger partial charge is 0.493 e. The van der Waals surface area contributed by atoms with Crippen LogP contribution in [0.25, 0.3) is 0 Å². The molecular formula is C24H32ClN5O5. The molecule has 0 radical (unpaired) electrons. The molecule has 1 aromatic heterocycles. The van der Waals surface area contributed by atoms with Gasteiger partial charge in [0.05, 0.1) is 27.2 Å². The van der Waals surface area contributed by atoms with Crippen LogP contribution in [0, 0.1) is 5.92 Å². The van der Waals surface area contributed by atoms with Gasteiger partial charge in [-0.25, -0.2) is 9.97 Å². The number of hydrogen-bond donors (Lipinski definition) is 0. The molecule has 2 aliphatic heterocycles. The van der Waals surface area contributed by atoms with Gasteiger partial charge >= 0.3 is 0 Å². The van der Waals surface area contributed by atoms with E-state index in [0.717, 1.165) is 12.8 Å². The van der Waals surface area contributed by atoms with E-state index in [1.807, 2.05) is 4.90 Å². The smallest absolute Gasteiger partial charge is 0.254 e. The van der Waals surface area contributed by atoms with E-state index in [1.165, 1.54) is 21.3 Å². The standard InChI is InChI=1S/C24H31N5O5.ClH/c1-32-19-14-18(15-20(33-2)21(19)34-3)23(31)29-9-4-6-17(16-29)22(30)27-10-12-28(13-11-27)24-25-7-5-8-26-24;/h5,7-8,14-15,17H,4,6,9-13,16H2,1-3H3;1H. The van der Waals surface area contributed by atoms with E-state index in [2.05, 4.69) is 14.9 Å². The summed E-state index contributed by atoms with van der Waals surface area (Å²) in [5.74, 6) is 1.73. The lowest BCUT2D eigenvalue weighted by atomic mass is 9.95. The molecule has 2 saturated heterocycles. The van der Waals surface area contributed by atoms with Crippen LogP contribution in [0.3, 0.4) is 0 Å². The molecule has 4 rings (SSSR count). The molecular weight excluding hydrogens is 474 g/mol. The van der Waals surface area contributed by atoms with Crippen LogP contribution in [0.1, 0.15) is 23.2 Å². The number of ether oxygens (including phenoxy) is 3. The summed E-state index contributed by atoms with van der Waals surface area (Å²) in [5.41, 5.74) is 0.444. The molecule has 0 N–H and O–H groups in total. The quantitative estimate of drug-likeness (QED) is 0.589. The topological polar surface area (TPSA) is 97.3 Å². The second kappa shape index (κ2) is 11.9. The third-order valence-corrected chi connectivity index (χ3v) is 6.40. The molecule has 0 bridgehead atoms. The number of hydrogen-bond acceptors (Lipinski definition) is 8. The van der Waals surface area contributed by atoms with E-state index in [4.69, 9.17) is 14.2 Å². The lowest BCUT2D eigenvalue weighted by Gasteiger charge is -2.39. The van der Waals surface area contributed by atoms with Crippen molar-refractivity contribution in [3.63, 3.8) is 0 Å². The van der Waals surface area contributed by atoms with E-state index in [-0.39, 0.29) is 30.1 Å². The number of carbonyl (C=O) groups is 2. The van der Waals surface area contributed by atoms with E-state index in [1.54, 1.807) is 35.5 Å². The van der Waals surface area contributed by atoms with Gasteiger partial charge in [0.15, 0.2) is 11.5 Å². The molecule has 1 aromatic carbocycles. The normalized spacial score (nSPS) is 17.9. The SMILES string of the molecule is COc1cc(C(=O)N2CCCC(C(=O)N3CCN(c4ncccn4)CC3)C2)cc(OC)c1OC.Cl. The van der Waals surface area contributed by atoms with Gasteiger partial charge in [0.25, 0.3) is 5.91 Å². The number of nitrogens with zero attached hydrogens (tertiary/aromatic N) is 5. The van der Waals surface area contributed by atoms with Crippen LogP contribution >= 0.6 is 12.4 Å². The number of anilines is 1. The third kappa shape index (κ3) is 5.70. The van der Waals surface area contributed by atoms with Crippen LogP contribution in [0.5, 0.6) is 17.2 Å². The number of benzene rings is 1. The van der Waals surface area contributed by atoms with E-state index in [0.29, 0.717) is 68.0 Å². The third-order valence-electron chi connectivity index (χ3n) is 6.40. The fourth-order valence-corrected chi connectivity index (χ4v) is 4.59. The number of likely N-dealkylation sites (tertiary alicyclic amines) is 1. The van der Waals surface area contributed by atoms with Crippen molar-refractivity contribution in [3.8, 4) is 17.2 Å². The Morgan fingerprint density at radius 2 is 1.51 bits per heavy atom. The number of methoxy groups -OCH3 is 3. The zero-order chi connectivity index (χ0) is 24.1. The minimum absolute atomic E-state index is 0. The number of carbonyl (C=O) groups excluding carboxylic acids is 2. The minimum Gasteiger partial charge on any atom is -0.493 e. The van der Waals surface area contributed by atoms with Crippen LogP contribution in [-0.2, 0) is 4.79 Å². The fourth-order valence-electron chi connectivity index (χ4n) is 4.59. The first-order chi connectivity index (χ1) is 16.5. The van der Waals surface area contributed by atoms with Crippen molar-refractivity contribution in [2.45, 2.75) is 12.8 Å². The van der Waals surface area contributed by atoms with Crippen LogP contribution in [0.15, 0.2) is 30.6 Å². The summed E-state index contributed by atoms with van der Waals surface area (Å²) in [7, 11) is 4.56. The first-order valence-corrected chi connectivity index (χ1v) is 11.5. The molecule has 2 aliphatic rings. The molecule has 11 heteroatoms. The van der Waals surface area contributed by atoms with Crippen molar-refractivity contribution in [2.24, 2.45) is 5.92 Å². The Balaban J connectivity index is 0.00000342.